The molecule has 1 amide bonds. The number of rotatable bonds is 8. The number of aryl methyl sites for hydroxylation is 1. The third kappa shape index (κ3) is 4.91. The van der Waals surface area contributed by atoms with E-state index in [1.165, 1.54) is 0 Å². The van der Waals surface area contributed by atoms with E-state index in [2.05, 4.69) is 51.5 Å². The van der Waals surface area contributed by atoms with Crippen LogP contribution < -0.4 is 10.6 Å². The maximum Gasteiger partial charge on any atom is 0.254 e. The van der Waals surface area contributed by atoms with Gasteiger partial charge in [-0.15, -0.1) is 5.10 Å². The highest BCUT2D eigenvalue weighted by atomic mass is 16.1. The third-order valence-corrected chi connectivity index (χ3v) is 4.86. The predicted octanol–water partition coefficient (Wildman–Crippen LogP) is 4.27. The quantitative estimate of drug-likeness (QED) is 0.434. The van der Waals surface area contributed by atoms with Crippen molar-refractivity contribution in [3.8, 4) is 11.4 Å². The number of anilines is 2. The Morgan fingerprint density at radius 2 is 2.00 bits per heavy atom. The molecule has 0 fully saturated rings. The first-order chi connectivity index (χ1) is 15.5. The first-order valence-corrected chi connectivity index (χ1v) is 10.9. The number of amides is 1. The summed E-state index contributed by atoms with van der Waals surface area (Å²) >= 11 is 0. The molecule has 0 saturated carbocycles. The monoisotopic (exact) mass is 429 g/mol. The summed E-state index contributed by atoms with van der Waals surface area (Å²) in [7, 11) is 0. The highest BCUT2D eigenvalue weighted by molar-refractivity contribution is 5.95. The normalized spacial score (nSPS) is 11.1. The fraction of sp³-hybridized carbons (Fsp3) is 0.292. The van der Waals surface area contributed by atoms with E-state index in [4.69, 9.17) is 0 Å². The summed E-state index contributed by atoms with van der Waals surface area (Å²) in [5.74, 6) is 2.12. The van der Waals surface area contributed by atoms with Crippen LogP contribution in [0.4, 0.5) is 11.5 Å². The lowest BCUT2D eigenvalue weighted by Crippen LogP contribution is -2.27. The SMILES string of the molecule is CCCc1cc(Nc2cccc(C(=O)NCC(C)C)c2)n2nc(-c3cccnc3)nc2n1. The maximum absolute atomic E-state index is 12.5. The van der Waals surface area contributed by atoms with Crippen molar-refractivity contribution in [1.82, 2.24) is 29.9 Å². The molecule has 0 aliphatic carbocycles. The molecule has 0 unspecified atom stereocenters. The number of aromatic nitrogens is 5. The van der Waals surface area contributed by atoms with E-state index in [1.54, 1.807) is 16.9 Å². The van der Waals surface area contributed by atoms with Crippen LogP contribution in [0.3, 0.4) is 0 Å². The van der Waals surface area contributed by atoms with Gasteiger partial charge in [0.1, 0.15) is 5.82 Å². The largest absolute Gasteiger partial charge is 0.352 e. The zero-order valence-corrected chi connectivity index (χ0v) is 18.5. The lowest BCUT2D eigenvalue weighted by molar-refractivity contribution is 0.0949. The number of hydrogen-bond acceptors (Lipinski definition) is 6. The number of pyridine rings is 1. The minimum absolute atomic E-state index is 0.0893. The van der Waals surface area contributed by atoms with Gasteiger partial charge in [-0.25, -0.2) is 4.98 Å². The molecule has 0 bridgehead atoms. The van der Waals surface area contributed by atoms with Crippen LogP contribution in [0.15, 0.2) is 54.9 Å². The number of carbonyl (C=O) groups excluding carboxylic acids is 1. The van der Waals surface area contributed by atoms with Crippen LogP contribution in [-0.2, 0) is 6.42 Å². The second kappa shape index (κ2) is 9.55. The zero-order chi connectivity index (χ0) is 22.5. The van der Waals surface area contributed by atoms with Crippen LogP contribution >= 0.6 is 0 Å². The summed E-state index contributed by atoms with van der Waals surface area (Å²) in [6.07, 6.45) is 5.25. The van der Waals surface area contributed by atoms with E-state index in [-0.39, 0.29) is 5.91 Å². The van der Waals surface area contributed by atoms with Crippen molar-refractivity contribution in [3.05, 3.63) is 66.1 Å². The number of hydrogen-bond donors (Lipinski definition) is 2. The van der Waals surface area contributed by atoms with E-state index < -0.39 is 0 Å². The van der Waals surface area contributed by atoms with Gasteiger partial charge in [0.05, 0.1) is 0 Å². The topological polar surface area (TPSA) is 97.1 Å². The lowest BCUT2D eigenvalue weighted by atomic mass is 10.1. The Hall–Kier alpha value is -3.81. The number of fused-ring (bicyclic) bond motifs is 1. The van der Waals surface area contributed by atoms with Gasteiger partial charge in [0.2, 0.25) is 0 Å². The average Bonchev–Trinajstić information content (AvgIpc) is 3.23. The molecule has 32 heavy (non-hydrogen) atoms. The second-order valence-electron chi connectivity index (χ2n) is 8.08. The van der Waals surface area contributed by atoms with Gasteiger partial charge in [-0.05, 0) is 42.7 Å². The van der Waals surface area contributed by atoms with Crippen LogP contribution in [-0.4, -0.2) is 37.0 Å². The Morgan fingerprint density at radius 1 is 1.12 bits per heavy atom. The first-order valence-electron chi connectivity index (χ1n) is 10.9. The fourth-order valence-corrected chi connectivity index (χ4v) is 3.29. The summed E-state index contributed by atoms with van der Waals surface area (Å²) in [6, 6.07) is 13.2. The van der Waals surface area contributed by atoms with Crippen molar-refractivity contribution in [1.29, 1.82) is 0 Å². The molecule has 3 heterocycles. The lowest BCUT2D eigenvalue weighted by Gasteiger charge is -2.12. The molecule has 0 spiro atoms. The highest BCUT2D eigenvalue weighted by Gasteiger charge is 2.14. The van der Waals surface area contributed by atoms with E-state index in [0.29, 0.717) is 29.6 Å². The second-order valence-corrected chi connectivity index (χ2v) is 8.08. The first kappa shape index (κ1) is 21.4. The smallest absolute Gasteiger partial charge is 0.254 e. The van der Waals surface area contributed by atoms with Crippen molar-refractivity contribution >= 4 is 23.2 Å². The molecule has 1 aromatic carbocycles. The third-order valence-electron chi connectivity index (χ3n) is 4.86. The molecule has 4 aromatic rings. The number of benzene rings is 1. The summed E-state index contributed by atoms with van der Waals surface area (Å²) in [6.45, 7) is 6.89. The Balaban J connectivity index is 1.68. The molecular formula is C24H27N7O. The molecule has 8 nitrogen and oxygen atoms in total. The van der Waals surface area contributed by atoms with Gasteiger partial charge in [-0.2, -0.15) is 9.50 Å². The molecule has 164 valence electrons. The Kier molecular flexibility index (Phi) is 6.39. The fourth-order valence-electron chi connectivity index (χ4n) is 3.29. The van der Waals surface area contributed by atoms with Gasteiger partial charge in [-0.3, -0.25) is 9.78 Å². The minimum Gasteiger partial charge on any atom is -0.352 e. The summed E-state index contributed by atoms with van der Waals surface area (Å²) < 4.78 is 1.69. The Labute approximate surface area is 187 Å². The number of nitrogens with one attached hydrogen (secondary N) is 2. The Morgan fingerprint density at radius 3 is 2.75 bits per heavy atom. The van der Waals surface area contributed by atoms with Crippen LogP contribution in [0.5, 0.6) is 0 Å². The predicted molar refractivity (Wildman–Crippen MR) is 125 cm³/mol. The molecule has 3 aromatic heterocycles. The molecule has 4 rings (SSSR count). The standard InChI is InChI=1S/C24H27N7O/c1-4-7-19-13-21(27-20-10-5-8-17(12-20)23(32)26-14-16(2)3)31-24(28-19)29-22(30-31)18-9-6-11-25-15-18/h5-6,8-13,15-16,27H,4,7,14H2,1-3H3,(H,26,32). The van der Waals surface area contributed by atoms with Gasteiger partial charge >= 0.3 is 0 Å². The van der Waals surface area contributed by atoms with Gasteiger partial charge in [0.15, 0.2) is 5.82 Å². The maximum atomic E-state index is 12.5. The van der Waals surface area contributed by atoms with Crippen molar-refractivity contribution in [2.45, 2.75) is 33.6 Å². The van der Waals surface area contributed by atoms with Crippen LogP contribution in [0, 0.1) is 5.92 Å². The zero-order valence-electron chi connectivity index (χ0n) is 18.5. The minimum atomic E-state index is -0.0893. The van der Waals surface area contributed by atoms with Gasteiger partial charge in [-0.1, -0.05) is 33.3 Å². The summed E-state index contributed by atoms with van der Waals surface area (Å²) in [4.78, 5) is 25.9. The molecule has 0 saturated heterocycles. The van der Waals surface area contributed by atoms with E-state index >= 15 is 0 Å². The molecule has 2 N–H and O–H groups in total. The van der Waals surface area contributed by atoms with Crippen LogP contribution in [0.2, 0.25) is 0 Å². The van der Waals surface area contributed by atoms with Gasteiger partial charge in [0.25, 0.3) is 11.7 Å². The molecule has 0 aliphatic heterocycles. The molecule has 0 atom stereocenters. The van der Waals surface area contributed by atoms with Gasteiger partial charge < -0.3 is 10.6 Å². The number of nitrogens with zero attached hydrogens (tertiary/aromatic N) is 5. The molecular weight excluding hydrogens is 402 g/mol. The summed E-state index contributed by atoms with van der Waals surface area (Å²) in [5.41, 5.74) is 3.14. The van der Waals surface area contributed by atoms with E-state index in [9.17, 15) is 4.79 Å². The van der Waals surface area contributed by atoms with Crippen LogP contribution in [0.25, 0.3) is 17.2 Å². The van der Waals surface area contributed by atoms with Crippen molar-refractivity contribution < 1.29 is 4.79 Å². The average molecular weight is 430 g/mol. The molecule has 0 aliphatic rings. The number of carbonyl (C=O) groups is 1. The highest BCUT2D eigenvalue weighted by Crippen LogP contribution is 2.22. The van der Waals surface area contributed by atoms with E-state index in [1.807, 2.05) is 42.5 Å². The summed E-state index contributed by atoms with van der Waals surface area (Å²) in [5, 5.41) is 11.0. The molecule has 8 heteroatoms. The van der Waals surface area contributed by atoms with Crippen LogP contribution in [0.1, 0.15) is 43.2 Å². The van der Waals surface area contributed by atoms with Crippen molar-refractivity contribution in [2.24, 2.45) is 5.92 Å². The van der Waals surface area contributed by atoms with Crippen molar-refractivity contribution in [3.63, 3.8) is 0 Å². The van der Waals surface area contributed by atoms with E-state index in [0.717, 1.165) is 35.6 Å². The van der Waals surface area contributed by atoms with Crippen molar-refractivity contribution in [2.75, 3.05) is 11.9 Å². The molecule has 0 radical (unpaired) electrons. The Bertz CT molecular complexity index is 1220. The van der Waals surface area contributed by atoms with Gasteiger partial charge in [0, 0.05) is 47.5 Å².